The minimum Gasteiger partial charge on any atom is -0.194 e. The smallest absolute Gasteiger partial charge is 0.194 e. The number of benzene rings is 1. The van der Waals surface area contributed by atoms with Crippen LogP contribution in [-0.4, -0.2) is 47.6 Å². The first-order chi connectivity index (χ1) is 21.5. The molecular formula is C29H31F19. The van der Waals surface area contributed by atoms with Gasteiger partial charge in [-0.05, 0) is 30.2 Å². The van der Waals surface area contributed by atoms with Crippen molar-refractivity contribution in [3.05, 3.63) is 35.4 Å². The van der Waals surface area contributed by atoms with E-state index in [1.165, 1.54) is 0 Å². The van der Waals surface area contributed by atoms with Gasteiger partial charge in [-0.2, -0.15) is 83.4 Å². The van der Waals surface area contributed by atoms with Gasteiger partial charge in [-0.25, -0.2) is 0 Å². The normalized spacial score (nSPS) is 19.9. The summed E-state index contributed by atoms with van der Waals surface area (Å²) in [6.07, 6.45) is 1.72. The standard InChI is InChI=1S/C29H31F19/c1-2-3-4-5-6-17-7-9-18(10-8-17)11-12-19-13-15-20(16-14-19)21(30,31)22(32,33)23(34,35)24(36,37)25(38,39)26(40,41)27(42,43)28(44,45)29(46,47)48/h13-18H,2-12H2,1H3/t17-,18-. The van der Waals surface area contributed by atoms with E-state index < -0.39 is 59.1 Å². The maximum atomic E-state index is 14.6. The molecule has 19 heteroatoms. The molecule has 0 atom stereocenters. The van der Waals surface area contributed by atoms with Gasteiger partial charge in [0.2, 0.25) is 0 Å². The number of rotatable bonds is 16. The monoisotopic (exact) mass is 740 g/mol. The summed E-state index contributed by atoms with van der Waals surface area (Å²) in [6.45, 7) is 2.08. The quantitative estimate of drug-likeness (QED) is 0.117. The average Bonchev–Trinajstić information content (AvgIpc) is 2.97. The molecule has 0 nitrogen and oxygen atoms in total. The van der Waals surface area contributed by atoms with Crippen molar-refractivity contribution in [3.8, 4) is 0 Å². The van der Waals surface area contributed by atoms with Crippen molar-refractivity contribution in [2.24, 2.45) is 11.8 Å². The van der Waals surface area contributed by atoms with Crippen LogP contribution in [0.15, 0.2) is 24.3 Å². The second kappa shape index (κ2) is 13.9. The van der Waals surface area contributed by atoms with Crippen molar-refractivity contribution < 1.29 is 83.4 Å². The number of hydrogen-bond donors (Lipinski definition) is 0. The molecule has 0 unspecified atom stereocenters. The summed E-state index contributed by atoms with van der Waals surface area (Å²) in [6, 6.07) is 1.32. The summed E-state index contributed by atoms with van der Waals surface area (Å²) in [5, 5.41) is 0. The lowest BCUT2D eigenvalue weighted by molar-refractivity contribution is -0.469. The molecule has 0 radical (unpaired) electrons. The zero-order chi connectivity index (χ0) is 37.4. The molecule has 1 aliphatic carbocycles. The lowest BCUT2D eigenvalue weighted by atomic mass is 9.77. The van der Waals surface area contributed by atoms with Crippen LogP contribution in [0, 0.1) is 11.8 Å². The highest BCUT2D eigenvalue weighted by Gasteiger charge is 2.96. The highest BCUT2D eigenvalue weighted by molar-refractivity contribution is 5.30. The molecule has 0 bridgehead atoms. The van der Waals surface area contributed by atoms with Gasteiger partial charge in [-0.1, -0.05) is 89.0 Å². The van der Waals surface area contributed by atoms with E-state index in [2.05, 4.69) is 6.92 Å². The van der Waals surface area contributed by atoms with Crippen molar-refractivity contribution in [3.63, 3.8) is 0 Å². The fraction of sp³-hybridized carbons (Fsp3) is 0.793. The molecule has 0 aliphatic heterocycles. The molecule has 0 aromatic heterocycles. The Morgan fingerprint density at radius 3 is 1.23 bits per heavy atom. The molecule has 0 saturated heterocycles. The molecule has 1 aliphatic rings. The third kappa shape index (κ3) is 7.07. The molecule has 0 amide bonds. The van der Waals surface area contributed by atoms with Gasteiger partial charge in [0.25, 0.3) is 0 Å². The summed E-state index contributed by atoms with van der Waals surface area (Å²) in [5.74, 6) is -65.9. The first-order valence-electron chi connectivity index (χ1n) is 14.7. The van der Waals surface area contributed by atoms with Gasteiger partial charge in [0.05, 0.1) is 0 Å². The van der Waals surface area contributed by atoms with Crippen LogP contribution in [0.2, 0.25) is 0 Å². The Hall–Kier alpha value is -2.11. The second-order valence-electron chi connectivity index (χ2n) is 12.1. The Morgan fingerprint density at radius 2 is 0.833 bits per heavy atom. The van der Waals surface area contributed by atoms with E-state index in [0.29, 0.717) is 24.5 Å². The van der Waals surface area contributed by atoms with E-state index in [0.717, 1.165) is 57.8 Å². The van der Waals surface area contributed by atoms with Crippen molar-refractivity contribution in [1.29, 1.82) is 0 Å². The molecule has 1 aromatic rings. The molecular weight excluding hydrogens is 709 g/mol. The first-order valence-corrected chi connectivity index (χ1v) is 14.7. The maximum Gasteiger partial charge on any atom is 0.460 e. The van der Waals surface area contributed by atoms with E-state index in [1.54, 1.807) is 0 Å². The van der Waals surface area contributed by atoms with Gasteiger partial charge >= 0.3 is 53.6 Å². The van der Waals surface area contributed by atoms with Crippen LogP contribution < -0.4 is 0 Å². The van der Waals surface area contributed by atoms with Gasteiger partial charge in [0.1, 0.15) is 0 Å². The number of halogens is 19. The Morgan fingerprint density at radius 1 is 0.458 bits per heavy atom. The Labute approximate surface area is 262 Å². The van der Waals surface area contributed by atoms with E-state index in [1.807, 2.05) is 0 Å². The predicted octanol–water partition coefficient (Wildman–Crippen LogP) is 12.5. The van der Waals surface area contributed by atoms with E-state index in [9.17, 15) is 83.4 Å². The summed E-state index contributed by atoms with van der Waals surface area (Å²) >= 11 is 0. The van der Waals surface area contributed by atoms with Crippen molar-refractivity contribution >= 4 is 0 Å². The van der Waals surface area contributed by atoms with Gasteiger partial charge in [0, 0.05) is 5.56 Å². The lowest BCUT2D eigenvalue weighted by Gasteiger charge is -2.43. The summed E-state index contributed by atoms with van der Waals surface area (Å²) in [7, 11) is 0. The fourth-order valence-electron chi connectivity index (χ4n) is 5.46. The van der Waals surface area contributed by atoms with Crippen molar-refractivity contribution in [2.45, 2.75) is 131 Å². The molecule has 0 heterocycles. The van der Waals surface area contributed by atoms with Crippen molar-refractivity contribution in [2.75, 3.05) is 0 Å². The van der Waals surface area contributed by atoms with Gasteiger partial charge < -0.3 is 0 Å². The zero-order valence-electron chi connectivity index (χ0n) is 24.9. The molecule has 0 N–H and O–H groups in total. The number of hydrogen-bond acceptors (Lipinski definition) is 0. The zero-order valence-corrected chi connectivity index (χ0v) is 24.9. The summed E-state index contributed by atoms with van der Waals surface area (Å²) < 4.78 is 259. The molecule has 2 rings (SSSR count). The van der Waals surface area contributed by atoms with Crippen LogP contribution in [0.4, 0.5) is 83.4 Å². The third-order valence-electron chi connectivity index (χ3n) is 8.71. The number of unbranched alkanes of at least 4 members (excludes halogenated alkanes) is 3. The van der Waals surface area contributed by atoms with Crippen LogP contribution >= 0.6 is 0 Å². The average molecular weight is 741 g/mol. The molecule has 280 valence electrons. The number of aryl methyl sites for hydroxylation is 1. The predicted molar refractivity (Wildman–Crippen MR) is 134 cm³/mol. The summed E-state index contributed by atoms with van der Waals surface area (Å²) in [5.41, 5.74) is -2.12. The minimum absolute atomic E-state index is 0.00451. The molecule has 48 heavy (non-hydrogen) atoms. The molecule has 1 aromatic carbocycles. The van der Waals surface area contributed by atoms with Crippen LogP contribution in [0.5, 0.6) is 0 Å². The highest BCUT2D eigenvalue weighted by Crippen LogP contribution is 2.66. The Balaban J connectivity index is 2.25. The van der Waals surface area contributed by atoms with Crippen LogP contribution in [0.1, 0.15) is 82.3 Å². The SMILES string of the molecule is CCCCCC[C@H]1CC[C@H](CCc2ccc(C(F)(F)C(F)(F)C(F)(F)C(F)(F)C(F)(F)C(F)(F)C(F)(F)C(F)(F)C(F)(F)F)cc2)CC1. The van der Waals surface area contributed by atoms with Gasteiger partial charge in [-0.15, -0.1) is 0 Å². The fourth-order valence-corrected chi connectivity index (χ4v) is 5.46. The topological polar surface area (TPSA) is 0 Å². The van der Waals surface area contributed by atoms with Gasteiger partial charge in [-0.3, -0.25) is 0 Å². The van der Waals surface area contributed by atoms with Crippen LogP contribution in [0.3, 0.4) is 0 Å². The van der Waals surface area contributed by atoms with Gasteiger partial charge in [0.15, 0.2) is 0 Å². The minimum atomic E-state index is -8.92. The molecule has 0 spiro atoms. The Bertz CT molecular complexity index is 1180. The molecule has 1 fully saturated rings. The summed E-state index contributed by atoms with van der Waals surface area (Å²) in [4.78, 5) is 0. The van der Waals surface area contributed by atoms with Crippen LogP contribution in [0.25, 0.3) is 0 Å². The first kappa shape index (κ1) is 42.1. The maximum absolute atomic E-state index is 14.6. The van der Waals surface area contributed by atoms with E-state index in [-0.39, 0.29) is 30.0 Å². The Kier molecular flexibility index (Phi) is 12.2. The third-order valence-corrected chi connectivity index (χ3v) is 8.71. The number of alkyl halides is 19. The van der Waals surface area contributed by atoms with Crippen molar-refractivity contribution in [1.82, 2.24) is 0 Å². The highest BCUT2D eigenvalue weighted by atomic mass is 19.4. The van der Waals surface area contributed by atoms with E-state index >= 15 is 0 Å². The van der Waals surface area contributed by atoms with E-state index in [4.69, 9.17) is 0 Å². The second-order valence-corrected chi connectivity index (χ2v) is 12.1. The lowest BCUT2D eigenvalue weighted by Crippen LogP contribution is -2.75. The largest absolute Gasteiger partial charge is 0.460 e. The molecule has 1 saturated carbocycles. The van der Waals surface area contributed by atoms with Crippen LogP contribution in [-0.2, 0) is 12.3 Å².